The first-order valence-corrected chi connectivity index (χ1v) is 10.1. The van der Waals surface area contributed by atoms with E-state index in [0.717, 1.165) is 31.5 Å². The number of allylic oxidation sites excluding steroid dienone is 1. The van der Waals surface area contributed by atoms with E-state index in [-0.39, 0.29) is 22.8 Å². The lowest BCUT2D eigenvalue weighted by molar-refractivity contribution is 0.0678. The maximum absolute atomic E-state index is 13.2. The summed E-state index contributed by atoms with van der Waals surface area (Å²) < 4.78 is 3.20. The predicted molar refractivity (Wildman–Crippen MR) is 114 cm³/mol. The number of aromatic nitrogens is 3. The Bertz CT molecular complexity index is 1150. The first-order valence-electron chi connectivity index (χ1n) is 9.77. The van der Waals surface area contributed by atoms with Crippen LogP contribution in [0.5, 0.6) is 0 Å². The van der Waals surface area contributed by atoms with Gasteiger partial charge in [0.2, 0.25) is 5.65 Å². The summed E-state index contributed by atoms with van der Waals surface area (Å²) in [7, 11) is 0. The van der Waals surface area contributed by atoms with E-state index in [1.54, 1.807) is 33.5 Å². The minimum atomic E-state index is -0.284. The molecule has 1 saturated heterocycles. The molecule has 150 valence electrons. The number of benzene rings is 1. The molecule has 6 nitrogen and oxygen atoms in total. The van der Waals surface area contributed by atoms with Gasteiger partial charge in [-0.3, -0.25) is 18.6 Å². The van der Waals surface area contributed by atoms with Crippen LogP contribution >= 0.6 is 11.6 Å². The molecule has 3 heterocycles. The van der Waals surface area contributed by atoms with E-state index in [1.165, 1.54) is 0 Å². The van der Waals surface area contributed by atoms with Gasteiger partial charge in [-0.05, 0) is 24.8 Å². The van der Waals surface area contributed by atoms with Gasteiger partial charge in [-0.15, -0.1) is 6.58 Å². The SMILES string of the molecule is C=CCn1c(-c2ccccc2Cl)cn2cc(C(=O)N3CCC[C@@H](C)C3)nc2c1=O. The van der Waals surface area contributed by atoms with Crippen molar-refractivity contribution in [3.05, 3.63) is 70.4 Å². The van der Waals surface area contributed by atoms with Crippen LogP contribution < -0.4 is 5.56 Å². The summed E-state index contributed by atoms with van der Waals surface area (Å²) in [4.78, 5) is 32.3. The zero-order valence-corrected chi connectivity index (χ0v) is 17.1. The Labute approximate surface area is 174 Å². The first-order chi connectivity index (χ1) is 14.0. The van der Waals surface area contributed by atoms with E-state index >= 15 is 0 Å². The zero-order valence-electron chi connectivity index (χ0n) is 16.3. The number of piperidine rings is 1. The number of amides is 1. The van der Waals surface area contributed by atoms with E-state index in [9.17, 15) is 9.59 Å². The van der Waals surface area contributed by atoms with Crippen molar-refractivity contribution in [2.24, 2.45) is 5.92 Å². The molecule has 4 rings (SSSR count). The number of hydrogen-bond acceptors (Lipinski definition) is 3. The Balaban J connectivity index is 1.84. The van der Waals surface area contributed by atoms with E-state index < -0.39 is 0 Å². The highest BCUT2D eigenvalue weighted by Crippen LogP contribution is 2.27. The average Bonchev–Trinajstić information content (AvgIpc) is 3.14. The number of carbonyl (C=O) groups excluding carboxylic acids is 1. The second kappa shape index (κ2) is 7.87. The van der Waals surface area contributed by atoms with Gasteiger partial charge in [0, 0.05) is 42.6 Å². The molecule has 29 heavy (non-hydrogen) atoms. The fraction of sp³-hybridized carbons (Fsp3) is 0.318. The van der Waals surface area contributed by atoms with Crippen LogP contribution in [0.3, 0.4) is 0 Å². The summed E-state index contributed by atoms with van der Waals surface area (Å²) in [6.07, 6.45) is 7.20. The summed E-state index contributed by atoms with van der Waals surface area (Å²) >= 11 is 6.38. The highest BCUT2D eigenvalue weighted by atomic mass is 35.5. The maximum Gasteiger partial charge on any atom is 0.295 e. The highest BCUT2D eigenvalue weighted by Gasteiger charge is 2.25. The normalized spacial score (nSPS) is 16.9. The topological polar surface area (TPSA) is 59.6 Å². The monoisotopic (exact) mass is 410 g/mol. The number of hydrogen-bond donors (Lipinski definition) is 0. The molecule has 0 spiro atoms. The number of likely N-dealkylation sites (tertiary alicyclic amines) is 1. The molecule has 2 aromatic heterocycles. The first kappa shape index (κ1) is 19.5. The molecule has 1 aliphatic rings. The van der Waals surface area contributed by atoms with Crippen molar-refractivity contribution >= 4 is 23.2 Å². The Morgan fingerprint density at radius 1 is 1.34 bits per heavy atom. The van der Waals surface area contributed by atoms with Crippen LogP contribution in [-0.4, -0.2) is 37.8 Å². The van der Waals surface area contributed by atoms with Crippen LogP contribution in [0.25, 0.3) is 16.9 Å². The molecule has 1 aromatic carbocycles. The van der Waals surface area contributed by atoms with Crippen LogP contribution in [0.1, 0.15) is 30.3 Å². The lowest BCUT2D eigenvalue weighted by Gasteiger charge is -2.30. The van der Waals surface area contributed by atoms with Gasteiger partial charge < -0.3 is 4.90 Å². The molecule has 0 saturated carbocycles. The Morgan fingerprint density at radius 3 is 2.86 bits per heavy atom. The van der Waals surface area contributed by atoms with Gasteiger partial charge in [0.05, 0.1) is 5.69 Å². The third-order valence-electron chi connectivity index (χ3n) is 5.35. The van der Waals surface area contributed by atoms with Crippen molar-refractivity contribution in [1.29, 1.82) is 0 Å². The number of nitrogens with zero attached hydrogens (tertiary/aromatic N) is 4. The molecule has 7 heteroatoms. The molecule has 0 N–H and O–H groups in total. The van der Waals surface area contributed by atoms with Gasteiger partial charge in [-0.25, -0.2) is 4.98 Å². The quantitative estimate of drug-likeness (QED) is 0.613. The van der Waals surface area contributed by atoms with E-state index in [1.807, 2.05) is 23.1 Å². The van der Waals surface area contributed by atoms with Crippen molar-refractivity contribution in [2.75, 3.05) is 13.1 Å². The summed E-state index contributed by atoms with van der Waals surface area (Å²) in [6, 6.07) is 7.35. The zero-order chi connectivity index (χ0) is 20.5. The summed E-state index contributed by atoms with van der Waals surface area (Å²) in [5.74, 6) is 0.343. The van der Waals surface area contributed by atoms with Crippen LogP contribution in [0.4, 0.5) is 0 Å². The molecule has 1 aliphatic heterocycles. The molecule has 1 fully saturated rings. The van der Waals surface area contributed by atoms with Gasteiger partial charge in [0.1, 0.15) is 5.69 Å². The number of fused-ring (bicyclic) bond motifs is 1. The van der Waals surface area contributed by atoms with Crippen molar-refractivity contribution in [3.8, 4) is 11.3 Å². The predicted octanol–water partition coefficient (Wildman–Crippen LogP) is 3.87. The Hall–Kier alpha value is -2.86. The van der Waals surface area contributed by atoms with Gasteiger partial charge in [-0.1, -0.05) is 42.8 Å². The van der Waals surface area contributed by atoms with Crippen molar-refractivity contribution in [3.63, 3.8) is 0 Å². The van der Waals surface area contributed by atoms with Gasteiger partial charge >= 0.3 is 0 Å². The van der Waals surface area contributed by atoms with Crippen LogP contribution in [0.15, 0.2) is 54.1 Å². The third kappa shape index (κ3) is 3.60. The molecule has 0 radical (unpaired) electrons. The molecule has 3 aromatic rings. The molecule has 1 amide bonds. The second-order valence-corrected chi connectivity index (χ2v) is 7.96. The summed E-state index contributed by atoms with van der Waals surface area (Å²) in [6.45, 7) is 7.66. The number of carbonyl (C=O) groups is 1. The van der Waals surface area contributed by atoms with Crippen LogP contribution in [-0.2, 0) is 6.54 Å². The Morgan fingerprint density at radius 2 is 2.14 bits per heavy atom. The largest absolute Gasteiger partial charge is 0.337 e. The van der Waals surface area contributed by atoms with Crippen molar-refractivity contribution < 1.29 is 4.79 Å². The minimum Gasteiger partial charge on any atom is -0.337 e. The standard InChI is InChI=1S/C22H23ClN4O2/c1-3-10-27-19(16-8-4-5-9-17(16)23)14-26-13-18(24-20(26)22(27)29)21(28)25-11-6-7-15(2)12-25/h3-5,8-9,13-15H,1,6-7,10-12H2,2H3/t15-/m1/s1. The fourth-order valence-corrected chi connectivity index (χ4v) is 4.15. The third-order valence-corrected chi connectivity index (χ3v) is 5.68. The lowest BCUT2D eigenvalue weighted by Crippen LogP contribution is -2.39. The molecular weight excluding hydrogens is 388 g/mol. The smallest absolute Gasteiger partial charge is 0.295 e. The number of rotatable bonds is 4. The van der Waals surface area contributed by atoms with Crippen molar-refractivity contribution in [2.45, 2.75) is 26.3 Å². The molecule has 1 atom stereocenters. The van der Waals surface area contributed by atoms with Gasteiger partial charge in [-0.2, -0.15) is 0 Å². The summed E-state index contributed by atoms with van der Waals surface area (Å²) in [5.41, 5.74) is 1.61. The lowest BCUT2D eigenvalue weighted by atomic mass is 10.0. The second-order valence-electron chi connectivity index (χ2n) is 7.55. The number of imidazole rings is 1. The molecule has 0 unspecified atom stereocenters. The molecule has 0 bridgehead atoms. The van der Waals surface area contributed by atoms with Gasteiger partial charge in [0.25, 0.3) is 11.5 Å². The van der Waals surface area contributed by atoms with Crippen molar-refractivity contribution in [1.82, 2.24) is 18.9 Å². The average molecular weight is 411 g/mol. The highest BCUT2D eigenvalue weighted by molar-refractivity contribution is 6.33. The van der Waals surface area contributed by atoms with E-state index in [0.29, 0.717) is 23.2 Å². The molecule has 0 aliphatic carbocycles. The van der Waals surface area contributed by atoms with E-state index in [2.05, 4.69) is 18.5 Å². The molecular formula is C22H23ClN4O2. The van der Waals surface area contributed by atoms with Crippen LogP contribution in [0, 0.1) is 5.92 Å². The maximum atomic E-state index is 13.2. The summed E-state index contributed by atoms with van der Waals surface area (Å²) in [5, 5.41) is 0.544. The van der Waals surface area contributed by atoms with Gasteiger partial charge in [0.15, 0.2) is 0 Å². The fourth-order valence-electron chi connectivity index (χ4n) is 3.91. The van der Waals surface area contributed by atoms with E-state index in [4.69, 9.17) is 11.6 Å². The Kier molecular flexibility index (Phi) is 5.28. The number of halogens is 1. The minimum absolute atomic E-state index is 0.130. The van der Waals surface area contributed by atoms with Crippen LogP contribution in [0.2, 0.25) is 5.02 Å².